The third kappa shape index (κ3) is 2.89. The predicted molar refractivity (Wildman–Crippen MR) is 106 cm³/mol. The fraction of sp³-hybridized carbons (Fsp3) is 0.261. The molecule has 2 unspecified atom stereocenters. The number of allylic oxidation sites excluding steroid dienone is 3. The first-order chi connectivity index (χ1) is 12.6. The van der Waals surface area contributed by atoms with Gasteiger partial charge in [0.2, 0.25) is 0 Å². The van der Waals surface area contributed by atoms with Crippen molar-refractivity contribution in [3.05, 3.63) is 76.5 Å². The molecule has 26 heavy (non-hydrogen) atoms. The van der Waals surface area contributed by atoms with Crippen molar-refractivity contribution >= 4 is 23.0 Å². The molecule has 0 spiro atoms. The smallest absolute Gasteiger partial charge is 0.173 e. The molecular formula is C23H21ClO2. The highest BCUT2D eigenvalue weighted by Crippen LogP contribution is 2.40. The van der Waals surface area contributed by atoms with Crippen LogP contribution in [0.4, 0.5) is 0 Å². The maximum absolute atomic E-state index is 13.1. The second kappa shape index (κ2) is 6.77. The van der Waals surface area contributed by atoms with Crippen molar-refractivity contribution in [1.29, 1.82) is 0 Å². The lowest BCUT2D eigenvalue weighted by molar-refractivity contribution is -0.116. The van der Waals surface area contributed by atoms with Gasteiger partial charge in [-0.25, -0.2) is 0 Å². The topological polar surface area (TPSA) is 37.3 Å². The first-order valence-corrected chi connectivity index (χ1v) is 9.51. The van der Waals surface area contributed by atoms with Crippen molar-refractivity contribution in [2.24, 2.45) is 11.8 Å². The lowest BCUT2D eigenvalue weighted by Gasteiger charge is -2.16. The highest BCUT2D eigenvalue weighted by molar-refractivity contribution is 6.30. The van der Waals surface area contributed by atoms with Gasteiger partial charge in [-0.3, -0.25) is 4.79 Å². The van der Waals surface area contributed by atoms with Gasteiger partial charge in [0.15, 0.2) is 5.78 Å². The number of aryl methyl sites for hydroxylation is 1. The Kier molecular flexibility index (Phi) is 4.46. The fourth-order valence-electron chi connectivity index (χ4n) is 3.97. The van der Waals surface area contributed by atoms with Crippen LogP contribution in [0.5, 0.6) is 0 Å². The molecule has 0 saturated carbocycles. The van der Waals surface area contributed by atoms with Crippen molar-refractivity contribution in [2.75, 3.05) is 0 Å². The van der Waals surface area contributed by atoms with E-state index in [4.69, 9.17) is 11.6 Å². The predicted octanol–water partition coefficient (Wildman–Crippen LogP) is 6.00. The minimum Gasteiger partial charge on any atom is -0.511 e. The number of carbonyl (C=O) groups excluding carboxylic acids is 1. The van der Waals surface area contributed by atoms with Crippen LogP contribution in [0.25, 0.3) is 16.7 Å². The molecule has 2 nitrogen and oxygen atoms in total. The molecule has 0 radical (unpaired) electrons. The maximum atomic E-state index is 13.1. The summed E-state index contributed by atoms with van der Waals surface area (Å²) in [5.41, 5.74) is 4.52. The summed E-state index contributed by atoms with van der Waals surface area (Å²) in [7, 11) is 0. The lowest BCUT2D eigenvalue weighted by atomic mass is 9.87. The molecule has 3 heteroatoms. The molecule has 0 aromatic heterocycles. The van der Waals surface area contributed by atoms with Gasteiger partial charge in [0.25, 0.3) is 0 Å². The van der Waals surface area contributed by atoms with Crippen LogP contribution in [0.3, 0.4) is 0 Å². The van der Waals surface area contributed by atoms with E-state index in [2.05, 4.69) is 19.1 Å². The zero-order valence-corrected chi connectivity index (χ0v) is 15.5. The standard InChI is InChI=1S/C23H21ClO2/c1-2-14-3-8-18(15-9-11-19(24)12-10-15)13-20(14)21-22(25)16-4-5-17(7-6-16)23(21)26/h3-5,8-13,16-17,25H,2,6-7H2,1H3. The number of fused-ring (bicyclic) bond motifs is 2. The summed E-state index contributed by atoms with van der Waals surface area (Å²) in [6.07, 6.45) is 6.41. The molecular weight excluding hydrogens is 344 g/mol. The zero-order chi connectivity index (χ0) is 18.3. The SMILES string of the molecule is CCc1ccc(-c2ccc(Cl)cc2)cc1C1=C(O)C2C=CC(CC2)C1=O. The van der Waals surface area contributed by atoms with Gasteiger partial charge in [-0.05, 0) is 59.7 Å². The van der Waals surface area contributed by atoms with Crippen molar-refractivity contribution in [1.82, 2.24) is 0 Å². The molecule has 2 aromatic carbocycles. The van der Waals surface area contributed by atoms with E-state index in [9.17, 15) is 9.90 Å². The molecule has 2 atom stereocenters. The van der Waals surface area contributed by atoms with Crippen LogP contribution in [-0.2, 0) is 11.2 Å². The van der Waals surface area contributed by atoms with Gasteiger partial charge < -0.3 is 5.11 Å². The van der Waals surface area contributed by atoms with E-state index in [-0.39, 0.29) is 23.4 Å². The van der Waals surface area contributed by atoms with Gasteiger partial charge in [-0.1, -0.05) is 54.9 Å². The Hall–Kier alpha value is -2.32. The number of rotatable bonds is 3. The largest absolute Gasteiger partial charge is 0.511 e. The van der Waals surface area contributed by atoms with Crippen molar-refractivity contribution < 1.29 is 9.90 Å². The quantitative estimate of drug-likeness (QED) is 0.678. The summed E-state index contributed by atoms with van der Waals surface area (Å²) in [5.74, 6) is 0.113. The third-order valence-corrected chi connectivity index (χ3v) is 5.74. The average molecular weight is 365 g/mol. The van der Waals surface area contributed by atoms with E-state index in [0.29, 0.717) is 10.6 Å². The fourth-order valence-corrected chi connectivity index (χ4v) is 4.10. The summed E-state index contributed by atoms with van der Waals surface area (Å²) in [4.78, 5) is 13.1. The van der Waals surface area contributed by atoms with Crippen LogP contribution >= 0.6 is 11.6 Å². The second-order valence-electron chi connectivity index (χ2n) is 7.03. The highest BCUT2D eigenvalue weighted by atomic mass is 35.5. The number of carbonyl (C=O) groups is 1. The minimum absolute atomic E-state index is 0.0432. The zero-order valence-electron chi connectivity index (χ0n) is 14.7. The molecule has 2 bridgehead atoms. The Morgan fingerprint density at radius 2 is 1.65 bits per heavy atom. The Bertz CT molecular complexity index is 922. The Balaban J connectivity index is 1.87. The second-order valence-corrected chi connectivity index (χ2v) is 7.47. The molecule has 3 aliphatic rings. The number of Topliss-reactive ketones (excluding diaryl/α,β-unsaturated/α-hetero) is 1. The molecule has 0 aliphatic heterocycles. The van der Waals surface area contributed by atoms with E-state index in [1.807, 2.05) is 42.5 Å². The molecule has 0 fully saturated rings. The summed E-state index contributed by atoms with van der Waals surface area (Å²) >= 11 is 6.00. The molecule has 1 N–H and O–H groups in total. The number of aliphatic hydroxyl groups excluding tert-OH is 1. The van der Waals surface area contributed by atoms with E-state index >= 15 is 0 Å². The van der Waals surface area contributed by atoms with Gasteiger partial charge in [-0.2, -0.15) is 0 Å². The molecule has 0 saturated heterocycles. The Morgan fingerprint density at radius 1 is 1.00 bits per heavy atom. The normalized spacial score (nSPS) is 22.0. The molecule has 5 rings (SSSR count). The molecule has 2 aromatic rings. The van der Waals surface area contributed by atoms with Crippen molar-refractivity contribution in [3.8, 4) is 11.1 Å². The summed E-state index contributed by atoms with van der Waals surface area (Å²) in [6.45, 7) is 2.08. The third-order valence-electron chi connectivity index (χ3n) is 5.49. The van der Waals surface area contributed by atoms with E-state index < -0.39 is 0 Å². The van der Waals surface area contributed by atoms with E-state index in [0.717, 1.165) is 41.5 Å². The minimum atomic E-state index is -0.116. The number of halogens is 1. The van der Waals surface area contributed by atoms with Crippen LogP contribution < -0.4 is 0 Å². The van der Waals surface area contributed by atoms with E-state index in [1.165, 1.54) is 0 Å². The monoisotopic (exact) mass is 364 g/mol. The van der Waals surface area contributed by atoms with Gasteiger partial charge in [0.1, 0.15) is 5.76 Å². The number of hydrogen-bond acceptors (Lipinski definition) is 2. The molecule has 132 valence electrons. The first kappa shape index (κ1) is 17.1. The van der Waals surface area contributed by atoms with Gasteiger partial charge in [-0.15, -0.1) is 0 Å². The van der Waals surface area contributed by atoms with Crippen LogP contribution in [0.2, 0.25) is 5.02 Å². The first-order valence-electron chi connectivity index (χ1n) is 9.13. The van der Waals surface area contributed by atoms with Crippen LogP contribution in [0, 0.1) is 11.8 Å². The molecule has 0 amide bonds. The molecule has 3 aliphatic carbocycles. The highest BCUT2D eigenvalue weighted by Gasteiger charge is 2.35. The van der Waals surface area contributed by atoms with Gasteiger partial charge >= 0.3 is 0 Å². The molecule has 0 heterocycles. The number of ketones is 1. The Morgan fingerprint density at radius 3 is 2.31 bits per heavy atom. The van der Waals surface area contributed by atoms with Crippen LogP contribution in [-0.4, -0.2) is 10.9 Å². The van der Waals surface area contributed by atoms with Crippen LogP contribution in [0.1, 0.15) is 30.9 Å². The van der Waals surface area contributed by atoms with Gasteiger partial charge in [0.05, 0.1) is 5.57 Å². The maximum Gasteiger partial charge on any atom is 0.173 e. The van der Waals surface area contributed by atoms with Crippen LogP contribution in [0.15, 0.2) is 60.4 Å². The van der Waals surface area contributed by atoms with Crippen molar-refractivity contribution in [2.45, 2.75) is 26.2 Å². The van der Waals surface area contributed by atoms with Crippen molar-refractivity contribution in [3.63, 3.8) is 0 Å². The summed E-state index contributed by atoms with van der Waals surface area (Å²) < 4.78 is 0. The number of hydrogen-bond donors (Lipinski definition) is 1. The van der Waals surface area contributed by atoms with E-state index in [1.54, 1.807) is 0 Å². The summed E-state index contributed by atoms with van der Waals surface area (Å²) in [6, 6.07) is 13.8. The average Bonchev–Trinajstić information content (AvgIpc) is 2.86. The number of aliphatic hydroxyl groups is 1. The Labute approximate surface area is 158 Å². The summed E-state index contributed by atoms with van der Waals surface area (Å²) in [5, 5.41) is 11.6. The van der Waals surface area contributed by atoms with Gasteiger partial charge in [0, 0.05) is 16.9 Å². The lowest BCUT2D eigenvalue weighted by Crippen LogP contribution is -2.14. The number of benzene rings is 2.